The van der Waals surface area contributed by atoms with E-state index >= 15 is 0 Å². The number of benzene rings is 1. The Morgan fingerprint density at radius 2 is 2.10 bits per heavy atom. The molecule has 2 aromatic rings. The fourth-order valence-corrected chi connectivity index (χ4v) is 1.58. The van der Waals surface area contributed by atoms with Crippen LogP contribution in [0.5, 0.6) is 0 Å². The third-order valence-electron chi connectivity index (χ3n) is 2.65. The van der Waals surface area contributed by atoms with Crippen LogP contribution in [0.2, 0.25) is 0 Å². The summed E-state index contributed by atoms with van der Waals surface area (Å²) in [4.78, 5) is 8.51. The van der Waals surface area contributed by atoms with Gasteiger partial charge in [0.05, 0.1) is 6.54 Å². The molecule has 106 valence electrons. The van der Waals surface area contributed by atoms with Crippen LogP contribution in [-0.2, 0) is 6.42 Å². The van der Waals surface area contributed by atoms with Crippen molar-refractivity contribution in [2.24, 2.45) is 10.7 Å². The van der Waals surface area contributed by atoms with Gasteiger partial charge in [0.2, 0.25) is 5.89 Å². The minimum absolute atomic E-state index is 0.265. The Labute approximate surface area is 118 Å². The third kappa shape index (κ3) is 4.08. The summed E-state index contributed by atoms with van der Waals surface area (Å²) in [5.41, 5.74) is 6.71. The molecule has 20 heavy (non-hydrogen) atoms. The average molecular weight is 273 g/mol. The van der Waals surface area contributed by atoms with Gasteiger partial charge in [-0.25, -0.2) is 0 Å². The smallest absolute Gasteiger partial charge is 0.228 e. The van der Waals surface area contributed by atoms with Crippen LogP contribution >= 0.6 is 0 Å². The number of nitrogens with zero attached hydrogens (tertiary/aromatic N) is 3. The number of anilines is 1. The molecule has 1 heterocycles. The van der Waals surface area contributed by atoms with E-state index in [1.165, 1.54) is 0 Å². The van der Waals surface area contributed by atoms with Crippen molar-refractivity contribution in [1.29, 1.82) is 0 Å². The number of nitrogens with one attached hydrogen (secondary N) is 1. The first-order chi connectivity index (χ1) is 9.65. The molecule has 6 nitrogen and oxygen atoms in total. The van der Waals surface area contributed by atoms with Crippen LogP contribution in [0.4, 0.5) is 5.69 Å². The molecule has 0 fully saturated rings. The van der Waals surface area contributed by atoms with E-state index in [2.05, 4.69) is 20.4 Å². The molecular formula is C14H19N5O. The maximum Gasteiger partial charge on any atom is 0.228 e. The van der Waals surface area contributed by atoms with Crippen molar-refractivity contribution in [3.8, 4) is 0 Å². The highest BCUT2D eigenvalue weighted by Gasteiger charge is 2.08. The Kier molecular flexibility index (Phi) is 4.70. The monoisotopic (exact) mass is 273 g/mol. The Morgan fingerprint density at radius 3 is 2.75 bits per heavy atom. The maximum atomic E-state index is 5.80. The van der Waals surface area contributed by atoms with Crippen LogP contribution in [0.3, 0.4) is 0 Å². The molecule has 0 aliphatic rings. The van der Waals surface area contributed by atoms with Crippen molar-refractivity contribution in [3.05, 3.63) is 42.0 Å². The van der Waals surface area contributed by atoms with Gasteiger partial charge in [-0.1, -0.05) is 37.2 Å². The van der Waals surface area contributed by atoms with Crippen LogP contribution in [0.25, 0.3) is 0 Å². The SMILES string of the molecule is CC(C)c1noc(CCN=C(N)Nc2ccccc2)n1. The molecule has 0 unspecified atom stereocenters. The molecule has 0 saturated carbocycles. The van der Waals surface area contributed by atoms with Gasteiger partial charge < -0.3 is 15.6 Å². The first-order valence-electron chi connectivity index (χ1n) is 6.59. The maximum absolute atomic E-state index is 5.80. The standard InChI is InChI=1S/C14H19N5O/c1-10(2)13-18-12(20-19-13)8-9-16-14(15)17-11-6-4-3-5-7-11/h3-7,10H,8-9H2,1-2H3,(H3,15,16,17). The Balaban J connectivity index is 1.83. The van der Waals surface area contributed by atoms with E-state index in [0.717, 1.165) is 11.5 Å². The van der Waals surface area contributed by atoms with Crippen LogP contribution < -0.4 is 11.1 Å². The summed E-state index contributed by atoms with van der Waals surface area (Å²) in [6.07, 6.45) is 0.580. The zero-order valence-corrected chi connectivity index (χ0v) is 11.7. The number of hydrogen-bond donors (Lipinski definition) is 2. The summed E-state index contributed by atoms with van der Waals surface area (Å²) < 4.78 is 5.13. The highest BCUT2D eigenvalue weighted by Crippen LogP contribution is 2.09. The molecule has 0 bridgehead atoms. The van der Waals surface area contributed by atoms with E-state index in [4.69, 9.17) is 10.3 Å². The zero-order valence-electron chi connectivity index (χ0n) is 11.7. The third-order valence-corrected chi connectivity index (χ3v) is 2.65. The lowest BCUT2D eigenvalue weighted by molar-refractivity contribution is 0.372. The number of rotatable bonds is 5. The van der Waals surface area contributed by atoms with Crippen LogP contribution in [0.1, 0.15) is 31.5 Å². The summed E-state index contributed by atoms with van der Waals surface area (Å²) >= 11 is 0. The van der Waals surface area contributed by atoms with Crippen molar-refractivity contribution in [3.63, 3.8) is 0 Å². The molecular weight excluding hydrogens is 254 g/mol. The number of guanidine groups is 1. The van der Waals surface area contributed by atoms with Gasteiger partial charge in [0.1, 0.15) is 0 Å². The zero-order chi connectivity index (χ0) is 14.4. The molecule has 1 aromatic carbocycles. The second-order valence-corrected chi connectivity index (χ2v) is 4.71. The van der Waals surface area contributed by atoms with Gasteiger partial charge in [0.25, 0.3) is 0 Å². The van der Waals surface area contributed by atoms with Crippen LogP contribution in [0.15, 0.2) is 39.8 Å². The van der Waals surface area contributed by atoms with Crippen LogP contribution in [-0.4, -0.2) is 22.6 Å². The molecule has 0 aliphatic carbocycles. The first-order valence-corrected chi connectivity index (χ1v) is 6.59. The lowest BCUT2D eigenvalue weighted by Gasteiger charge is -2.04. The summed E-state index contributed by atoms with van der Waals surface area (Å²) in [6, 6.07) is 9.66. The van der Waals surface area contributed by atoms with Gasteiger partial charge in [-0.05, 0) is 12.1 Å². The van der Waals surface area contributed by atoms with Gasteiger partial charge in [-0.3, -0.25) is 4.99 Å². The second kappa shape index (κ2) is 6.70. The second-order valence-electron chi connectivity index (χ2n) is 4.71. The van der Waals surface area contributed by atoms with E-state index in [-0.39, 0.29) is 5.92 Å². The summed E-state index contributed by atoms with van der Waals surface area (Å²) in [5, 5.41) is 6.91. The molecule has 0 spiro atoms. The fourth-order valence-electron chi connectivity index (χ4n) is 1.58. The lowest BCUT2D eigenvalue weighted by Crippen LogP contribution is -2.23. The predicted molar refractivity (Wildman–Crippen MR) is 78.6 cm³/mol. The normalized spacial score (nSPS) is 11.8. The van der Waals surface area contributed by atoms with E-state index in [0.29, 0.717) is 24.8 Å². The number of para-hydroxylation sites is 1. The summed E-state index contributed by atoms with van der Waals surface area (Å²) in [5.74, 6) is 1.95. The van der Waals surface area contributed by atoms with Gasteiger partial charge >= 0.3 is 0 Å². The van der Waals surface area contributed by atoms with E-state index < -0.39 is 0 Å². The van der Waals surface area contributed by atoms with Crippen molar-refractivity contribution < 1.29 is 4.52 Å². The fraction of sp³-hybridized carbons (Fsp3) is 0.357. The molecule has 3 N–H and O–H groups in total. The van der Waals surface area contributed by atoms with Crippen molar-refractivity contribution in [1.82, 2.24) is 10.1 Å². The Morgan fingerprint density at radius 1 is 1.35 bits per heavy atom. The minimum atomic E-state index is 0.265. The topological polar surface area (TPSA) is 89.3 Å². The molecule has 0 amide bonds. The molecule has 0 aliphatic heterocycles. The molecule has 1 aromatic heterocycles. The molecule has 6 heteroatoms. The highest BCUT2D eigenvalue weighted by atomic mass is 16.5. The van der Waals surface area contributed by atoms with Gasteiger partial charge in [-0.15, -0.1) is 0 Å². The lowest BCUT2D eigenvalue weighted by atomic mass is 10.2. The molecule has 0 atom stereocenters. The highest BCUT2D eigenvalue weighted by molar-refractivity contribution is 5.92. The molecule has 2 rings (SSSR count). The van der Waals surface area contributed by atoms with Gasteiger partial charge in [-0.2, -0.15) is 4.98 Å². The van der Waals surface area contributed by atoms with Crippen molar-refractivity contribution in [2.45, 2.75) is 26.2 Å². The van der Waals surface area contributed by atoms with Gasteiger partial charge in [0.15, 0.2) is 11.8 Å². The quantitative estimate of drug-likeness (QED) is 0.643. The molecule has 0 radical (unpaired) electrons. The number of hydrogen-bond acceptors (Lipinski definition) is 4. The average Bonchev–Trinajstić information content (AvgIpc) is 2.89. The van der Waals surface area contributed by atoms with Crippen molar-refractivity contribution in [2.75, 3.05) is 11.9 Å². The number of aliphatic imine (C=N–C) groups is 1. The molecule has 0 saturated heterocycles. The number of nitrogens with two attached hydrogens (primary N) is 1. The minimum Gasteiger partial charge on any atom is -0.370 e. The van der Waals surface area contributed by atoms with E-state index in [9.17, 15) is 0 Å². The van der Waals surface area contributed by atoms with E-state index in [1.54, 1.807) is 0 Å². The number of aromatic nitrogens is 2. The Hall–Kier alpha value is -2.37. The van der Waals surface area contributed by atoms with Crippen molar-refractivity contribution >= 4 is 11.6 Å². The Bertz CT molecular complexity index is 562. The first kappa shape index (κ1) is 14.0. The van der Waals surface area contributed by atoms with Gasteiger partial charge in [0, 0.05) is 18.0 Å². The largest absolute Gasteiger partial charge is 0.370 e. The van der Waals surface area contributed by atoms with Crippen LogP contribution in [0, 0.1) is 0 Å². The predicted octanol–water partition coefficient (Wildman–Crippen LogP) is 2.16. The van der Waals surface area contributed by atoms with E-state index in [1.807, 2.05) is 44.2 Å². The summed E-state index contributed by atoms with van der Waals surface area (Å²) in [7, 11) is 0. The summed E-state index contributed by atoms with van der Waals surface area (Å²) in [6.45, 7) is 4.55.